The Kier molecular flexibility index (Phi) is 3.69. The number of aromatic hydroxyl groups is 1. The predicted octanol–water partition coefficient (Wildman–Crippen LogP) is 3.05. The SMILES string of the molecule is CCC12CC(O)C(O)(C(F)(F)F)C[C@H]1CCc1cc(O)ccc12. The van der Waals surface area contributed by atoms with Crippen LogP contribution >= 0.6 is 0 Å². The maximum atomic E-state index is 13.3. The lowest BCUT2D eigenvalue weighted by Crippen LogP contribution is -2.63. The molecule has 3 rings (SSSR count). The second-order valence-electron chi connectivity index (χ2n) is 6.93. The van der Waals surface area contributed by atoms with Crippen molar-refractivity contribution < 1.29 is 28.5 Å². The highest BCUT2D eigenvalue weighted by molar-refractivity contribution is 5.43. The number of aryl methyl sites for hydroxylation is 1. The maximum Gasteiger partial charge on any atom is 0.419 e. The van der Waals surface area contributed by atoms with Gasteiger partial charge < -0.3 is 15.3 Å². The summed E-state index contributed by atoms with van der Waals surface area (Å²) in [6.45, 7) is 1.90. The number of aliphatic hydroxyl groups is 2. The van der Waals surface area contributed by atoms with Gasteiger partial charge in [-0.2, -0.15) is 13.2 Å². The highest BCUT2D eigenvalue weighted by Gasteiger charge is 2.65. The number of aliphatic hydroxyl groups excluding tert-OH is 1. The van der Waals surface area contributed by atoms with Crippen LogP contribution in [0.5, 0.6) is 5.75 Å². The molecule has 1 fully saturated rings. The molecule has 0 spiro atoms. The van der Waals surface area contributed by atoms with Crippen molar-refractivity contribution in [3.05, 3.63) is 29.3 Å². The summed E-state index contributed by atoms with van der Waals surface area (Å²) < 4.78 is 39.8. The third-order valence-electron chi connectivity index (χ3n) is 5.96. The topological polar surface area (TPSA) is 60.7 Å². The molecule has 6 heteroatoms. The molecule has 1 aromatic carbocycles. The molecule has 1 saturated carbocycles. The lowest BCUT2D eigenvalue weighted by Gasteiger charge is -2.55. The normalized spacial score (nSPS) is 37.1. The van der Waals surface area contributed by atoms with E-state index in [-0.39, 0.29) is 18.1 Å². The number of alkyl halides is 3. The van der Waals surface area contributed by atoms with E-state index in [4.69, 9.17) is 0 Å². The van der Waals surface area contributed by atoms with Gasteiger partial charge >= 0.3 is 6.18 Å². The monoisotopic (exact) mass is 330 g/mol. The molecule has 0 heterocycles. The third-order valence-corrected chi connectivity index (χ3v) is 5.96. The minimum absolute atomic E-state index is 0.123. The largest absolute Gasteiger partial charge is 0.508 e. The highest BCUT2D eigenvalue weighted by atomic mass is 19.4. The first kappa shape index (κ1) is 16.6. The Morgan fingerprint density at radius 3 is 2.57 bits per heavy atom. The van der Waals surface area contributed by atoms with Crippen molar-refractivity contribution in [1.82, 2.24) is 0 Å². The molecule has 4 atom stereocenters. The molecule has 0 saturated heterocycles. The van der Waals surface area contributed by atoms with Crippen molar-refractivity contribution in [2.24, 2.45) is 5.92 Å². The smallest absolute Gasteiger partial charge is 0.419 e. The molecule has 3 N–H and O–H groups in total. The summed E-state index contributed by atoms with van der Waals surface area (Å²) >= 11 is 0. The Hall–Kier alpha value is -1.27. The van der Waals surface area contributed by atoms with Crippen molar-refractivity contribution in [1.29, 1.82) is 0 Å². The minimum Gasteiger partial charge on any atom is -0.508 e. The fourth-order valence-electron chi connectivity index (χ4n) is 4.63. The van der Waals surface area contributed by atoms with Gasteiger partial charge in [0.15, 0.2) is 5.60 Å². The number of phenols is 1. The van der Waals surface area contributed by atoms with Gasteiger partial charge in [-0.15, -0.1) is 0 Å². The van der Waals surface area contributed by atoms with Crippen LogP contribution in [-0.4, -0.2) is 33.2 Å². The Morgan fingerprint density at radius 2 is 1.96 bits per heavy atom. The van der Waals surface area contributed by atoms with Gasteiger partial charge in [-0.25, -0.2) is 0 Å². The quantitative estimate of drug-likeness (QED) is 0.742. The second-order valence-corrected chi connectivity index (χ2v) is 6.93. The minimum atomic E-state index is -4.85. The van der Waals surface area contributed by atoms with Gasteiger partial charge in [-0.05, 0) is 61.3 Å². The Bertz CT molecular complexity index is 616. The van der Waals surface area contributed by atoms with E-state index < -0.39 is 29.7 Å². The summed E-state index contributed by atoms with van der Waals surface area (Å²) in [7, 11) is 0. The van der Waals surface area contributed by atoms with E-state index in [2.05, 4.69) is 0 Å². The first-order chi connectivity index (χ1) is 10.6. The van der Waals surface area contributed by atoms with Crippen molar-refractivity contribution in [2.45, 2.75) is 62.3 Å². The maximum absolute atomic E-state index is 13.3. The Morgan fingerprint density at radius 1 is 1.26 bits per heavy atom. The summed E-state index contributed by atoms with van der Waals surface area (Å²) in [5, 5.41) is 29.9. The first-order valence-electron chi connectivity index (χ1n) is 7.93. The van der Waals surface area contributed by atoms with Gasteiger partial charge in [-0.1, -0.05) is 13.0 Å². The van der Waals surface area contributed by atoms with Crippen LogP contribution in [0.4, 0.5) is 13.2 Å². The van der Waals surface area contributed by atoms with Crippen molar-refractivity contribution in [3.63, 3.8) is 0 Å². The summed E-state index contributed by atoms with van der Waals surface area (Å²) in [5.41, 5.74) is -1.80. The number of fused-ring (bicyclic) bond motifs is 3. The van der Waals surface area contributed by atoms with E-state index in [0.29, 0.717) is 19.3 Å². The van der Waals surface area contributed by atoms with Gasteiger partial charge in [0.2, 0.25) is 0 Å². The van der Waals surface area contributed by atoms with Crippen LogP contribution in [0.25, 0.3) is 0 Å². The molecule has 0 aromatic heterocycles. The average molecular weight is 330 g/mol. The summed E-state index contributed by atoms with van der Waals surface area (Å²) in [6, 6.07) is 4.94. The number of rotatable bonds is 1. The number of benzene rings is 1. The van der Waals surface area contributed by atoms with Crippen LogP contribution in [0.2, 0.25) is 0 Å². The van der Waals surface area contributed by atoms with Gasteiger partial charge in [0.25, 0.3) is 0 Å². The number of phenolic OH excluding ortho intramolecular Hbond substituents is 1. The summed E-state index contributed by atoms with van der Waals surface area (Å²) in [5.74, 6) is -0.212. The molecule has 0 bridgehead atoms. The van der Waals surface area contributed by atoms with E-state index in [1.807, 2.05) is 6.92 Å². The average Bonchev–Trinajstić information content (AvgIpc) is 2.47. The zero-order valence-corrected chi connectivity index (χ0v) is 12.9. The molecular weight excluding hydrogens is 309 g/mol. The van der Waals surface area contributed by atoms with Crippen LogP contribution in [0.15, 0.2) is 18.2 Å². The molecule has 0 aliphatic heterocycles. The molecule has 2 aliphatic carbocycles. The molecule has 128 valence electrons. The van der Waals surface area contributed by atoms with Gasteiger partial charge in [0.1, 0.15) is 5.75 Å². The van der Waals surface area contributed by atoms with E-state index in [0.717, 1.165) is 11.1 Å². The fraction of sp³-hybridized carbons (Fsp3) is 0.647. The second kappa shape index (κ2) is 5.11. The van der Waals surface area contributed by atoms with Gasteiger partial charge in [0, 0.05) is 5.41 Å². The van der Waals surface area contributed by atoms with E-state index in [1.54, 1.807) is 12.1 Å². The fourth-order valence-corrected chi connectivity index (χ4v) is 4.63. The van der Waals surface area contributed by atoms with Crippen LogP contribution in [0, 0.1) is 5.92 Å². The van der Waals surface area contributed by atoms with Crippen LogP contribution < -0.4 is 0 Å². The van der Waals surface area contributed by atoms with Crippen LogP contribution in [-0.2, 0) is 11.8 Å². The zero-order chi connectivity index (χ0) is 17.0. The molecular formula is C17H21F3O3. The lowest BCUT2D eigenvalue weighted by atomic mass is 9.52. The molecule has 3 unspecified atom stereocenters. The first-order valence-corrected chi connectivity index (χ1v) is 7.93. The molecule has 23 heavy (non-hydrogen) atoms. The van der Waals surface area contributed by atoms with Crippen molar-refractivity contribution in [3.8, 4) is 5.75 Å². The lowest BCUT2D eigenvalue weighted by molar-refractivity contribution is -0.310. The van der Waals surface area contributed by atoms with Gasteiger partial charge in [0.05, 0.1) is 6.10 Å². The van der Waals surface area contributed by atoms with E-state index >= 15 is 0 Å². The third kappa shape index (κ3) is 2.26. The number of hydrogen-bond acceptors (Lipinski definition) is 3. The molecule has 2 aliphatic rings. The van der Waals surface area contributed by atoms with Gasteiger partial charge in [-0.3, -0.25) is 0 Å². The Labute approximate surface area is 132 Å². The van der Waals surface area contributed by atoms with Crippen LogP contribution in [0.1, 0.15) is 43.7 Å². The van der Waals surface area contributed by atoms with E-state index in [1.165, 1.54) is 6.07 Å². The summed E-state index contributed by atoms with van der Waals surface area (Å²) in [6.07, 6.45) is -5.64. The van der Waals surface area contributed by atoms with Crippen molar-refractivity contribution in [2.75, 3.05) is 0 Å². The standard InChI is InChI=1S/C17H21F3O3/c1-2-15-9-14(22)16(23,17(18,19)20)8-11(15)4-3-10-7-12(21)5-6-13(10)15/h5-7,11,14,21-23H,2-4,8-9H2,1H3/t11-,14?,15?,16?/m1/s1. The molecule has 1 aromatic rings. The molecule has 0 radical (unpaired) electrons. The summed E-state index contributed by atoms with van der Waals surface area (Å²) in [4.78, 5) is 0. The predicted molar refractivity (Wildman–Crippen MR) is 78.1 cm³/mol. The number of hydrogen-bond donors (Lipinski definition) is 3. The molecule has 3 nitrogen and oxygen atoms in total. The zero-order valence-electron chi connectivity index (χ0n) is 12.9. The number of halogens is 3. The Balaban J connectivity index is 2.07. The molecule has 0 amide bonds. The highest BCUT2D eigenvalue weighted by Crippen LogP contribution is 2.57. The van der Waals surface area contributed by atoms with Crippen molar-refractivity contribution >= 4 is 0 Å². The van der Waals surface area contributed by atoms with E-state index in [9.17, 15) is 28.5 Å². The van der Waals surface area contributed by atoms with Crippen LogP contribution in [0.3, 0.4) is 0 Å².